The van der Waals surface area contributed by atoms with Crippen LogP contribution in [0.25, 0.3) is 0 Å². The molecule has 0 aromatic rings. The van der Waals surface area contributed by atoms with Crippen LogP contribution in [-0.2, 0) is 0 Å². The van der Waals surface area contributed by atoms with Crippen LogP contribution in [0.15, 0.2) is 0 Å². The Morgan fingerprint density at radius 3 is 2.53 bits per heavy atom. The van der Waals surface area contributed by atoms with Crippen molar-refractivity contribution in [3.05, 3.63) is 0 Å². The molecule has 2 rings (SSSR count). The molecule has 0 heterocycles. The quantitative estimate of drug-likeness (QED) is 0.693. The second-order valence-electron chi connectivity index (χ2n) is 5.71. The average molecular weight is 274 g/mol. The van der Waals surface area contributed by atoms with Crippen molar-refractivity contribution in [1.82, 2.24) is 4.90 Å². The molecule has 2 saturated carbocycles. The molecule has 0 aromatic carbocycles. The number of hydrogen-bond acceptors (Lipinski definition) is 1. The molecular weight excluding hydrogens is 250 g/mol. The van der Waals surface area contributed by atoms with E-state index in [4.69, 9.17) is 0 Å². The van der Waals surface area contributed by atoms with Crippen LogP contribution in [0.4, 0.5) is 0 Å². The standard InChI is InChI=1S/C13H24BrN/c1-10(2)15(6-5-14)9-13-8-11-3-4-12(13)7-11/h10-13H,3-9H2,1-2H3. The molecule has 0 radical (unpaired) electrons. The van der Waals surface area contributed by atoms with Crippen molar-refractivity contribution in [3.8, 4) is 0 Å². The maximum atomic E-state index is 3.57. The van der Waals surface area contributed by atoms with Crippen molar-refractivity contribution in [1.29, 1.82) is 0 Å². The molecule has 2 fully saturated rings. The van der Waals surface area contributed by atoms with Crippen LogP contribution in [0.5, 0.6) is 0 Å². The molecule has 0 aromatic heterocycles. The molecule has 2 aliphatic rings. The average Bonchev–Trinajstić information content (AvgIpc) is 2.78. The normalized spacial score (nSPS) is 34.6. The maximum absolute atomic E-state index is 3.57. The van der Waals surface area contributed by atoms with Crippen LogP contribution in [-0.4, -0.2) is 29.4 Å². The zero-order valence-electron chi connectivity index (χ0n) is 10.1. The van der Waals surface area contributed by atoms with Crippen LogP contribution in [0, 0.1) is 17.8 Å². The zero-order chi connectivity index (χ0) is 10.8. The summed E-state index contributed by atoms with van der Waals surface area (Å²) in [5, 5.41) is 1.12. The lowest BCUT2D eigenvalue weighted by Crippen LogP contribution is -2.38. The van der Waals surface area contributed by atoms with Crippen molar-refractivity contribution in [2.75, 3.05) is 18.4 Å². The molecule has 0 amide bonds. The Labute approximate surface area is 103 Å². The highest BCUT2D eigenvalue weighted by molar-refractivity contribution is 9.09. The Morgan fingerprint density at radius 1 is 1.27 bits per heavy atom. The molecular formula is C13H24BrN. The Kier molecular flexibility index (Phi) is 4.11. The minimum absolute atomic E-state index is 0.710. The van der Waals surface area contributed by atoms with Gasteiger partial charge in [-0.15, -0.1) is 0 Å². The number of hydrogen-bond donors (Lipinski definition) is 0. The topological polar surface area (TPSA) is 3.24 Å². The highest BCUT2D eigenvalue weighted by Gasteiger charge is 2.39. The summed E-state index contributed by atoms with van der Waals surface area (Å²) in [5.74, 6) is 3.19. The molecule has 2 heteroatoms. The van der Waals surface area contributed by atoms with Crippen molar-refractivity contribution < 1.29 is 0 Å². The Morgan fingerprint density at radius 2 is 2.07 bits per heavy atom. The van der Waals surface area contributed by atoms with Crippen LogP contribution in [0.2, 0.25) is 0 Å². The number of halogens is 1. The predicted octanol–water partition coefficient (Wildman–Crippen LogP) is 3.53. The van der Waals surface area contributed by atoms with Crippen LogP contribution in [0.3, 0.4) is 0 Å². The highest BCUT2D eigenvalue weighted by atomic mass is 79.9. The van der Waals surface area contributed by atoms with Gasteiger partial charge in [-0.2, -0.15) is 0 Å². The number of nitrogens with zero attached hydrogens (tertiary/aromatic N) is 1. The first-order valence-electron chi connectivity index (χ1n) is 6.50. The first-order valence-corrected chi connectivity index (χ1v) is 7.63. The van der Waals surface area contributed by atoms with Gasteiger partial charge < -0.3 is 0 Å². The third kappa shape index (κ3) is 2.76. The minimum Gasteiger partial charge on any atom is -0.300 e. The molecule has 0 saturated heterocycles. The van der Waals surface area contributed by atoms with Crippen molar-refractivity contribution in [3.63, 3.8) is 0 Å². The number of rotatable bonds is 5. The van der Waals surface area contributed by atoms with Gasteiger partial charge in [0.2, 0.25) is 0 Å². The largest absolute Gasteiger partial charge is 0.300 e. The summed E-state index contributed by atoms with van der Waals surface area (Å²) in [6, 6.07) is 0.710. The highest BCUT2D eigenvalue weighted by Crippen LogP contribution is 2.48. The lowest BCUT2D eigenvalue weighted by molar-refractivity contribution is 0.166. The summed E-state index contributed by atoms with van der Waals surface area (Å²) in [6.07, 6.45) is 6.12. The SMILES string of the molecule is CC(C)N(CCBr)CC1CC2CCC1C2. The van der Waals surface area contributed by atoms with Crippen LogP contribution in [0.1, 0.15) is 39.5 Å². The Hall–Kier alpha value is 0.440. The van der Waals surface area contributed by atoms with E-state index in [1.165, 1.54) is 32.4 Å². The van der Waals surface area contributed by atoms with Gasteiger partial charge in [0.15, 0.2) is 0 Å². The van der Waals surface area contributed by atoms with E-state index < -0.39 is 0 Å². The summed E-state index contributed by atoms with van der Waals surface area (Å²) >= 11 is 3.57. The predicted molar refractivity (Wildman–Crippen MR) is 69.4 cm³/mol. The summed E-state index contributed by atoms with van der Waals surface area (Å²) in [4.78, 5) is 2.65. The fourth-order valence-electron chi connectivity index (χ4n) is 3.57. The fraction of sp³-hybridized carbons (Fsp3) is 1.00. The van der Waals surface area contributed by atoms with Gasteiger partial charge in [0.05, 0.1) is 0 Å². The third-order valence-electron chi connectivity index (χ3n) is 4.46. The summed E-state index contributed by atoms with van der Waals surface area (Å²) in [7, 11) is 0. The summed E-state index contributed by atoms with van der Waals surface area (Å²) in [5.41, 5.74) is 0. The molecule has 0 aliphatic heterocycles. The monoisotopic (exact) mass is 273 g/mol. The van der Waals surface area contributed by atoms with Crippen LogP contribution >= 0.6 is 15.9 Å². The lowest BCUT2D eigenvalue weighted by Gasteiger charge is -2.32. The molecule has 88 valence electrons. The minimum atomic E-state index is 0.710. The molecule has 2 aliphatic carbocycles. The lowest BCUT2D eigenvalue weighted by atomic mass is 9.88. The second kappa shape index (κ2) is 5.18. The van der Waals surface area contributed by atoms with Crippen molar-refractivity contribution in [2.45, 2.75) is 45.6 Å². The second-order valence-corrected chi connectivity index (χ2v) is 6.51. The van der Waals surface area contributed by atoms with E-state index in [1.807, 2.05) is 0 Å². The zero-order valence-corrected chi connectivity index (χ0v) is 11.7. The molecule has 3 unspecified atom stereocenters. The van der Waals surface area contributed by atoms with E-state index in [1.54, 1.807) is 6.42 Å². The van der Waals surface area contributed by atoms with Gasteiger partial charge in [-0.1, -0.05) is 22.4 Å². The van der Waals surface area contributed by atoms with Crippen molar-refractivity contribution in [2.24, 2.45) is 17.8 Å². The smallest absolute Gasteiger partial charge is 0.0159 e. The molecule has 1 nitrogen and oxygen atoms in total. The van der Waals surface area contributed by atoms with Gasteiger partial charge in [-0.25, -0.2) is 0 Å². The van der Waals surface area contributed by atoms with Crippen LogP contribution < -0.4 is 0 Å². The van der Waals surface area contributed by atoms with Gasteiger partial charge >= 0.3 is 0 Å². The first-order chi connectivity index (χ1) is 7.20. The van der Waals surface area contributed by atoms with E-state index in [2.05, 4.69) is 34.7 Å². The Balaban J connectivity index is 1.84. The van der Waals surface area contributed by atoms with E-state index in [0.29, 0.717) is 6.04 Å². The van der Waals surface area contributed by atoms with Gasteiger partial charge in [0.1, 0.15) is 0 Å². The summed E-state index contributed by atoms with van der Waals surface area (Å²) in [6.45, 7) is 7.22. The Bertz CT molecular complexity index is 205. The molecule has 2 bridgehead atoms. The van der Waals surface area contributed by atoms with Gasteiger partial charge in [-0.3, -0.25) is 4.90 Å². The van der Waals surface area contributed by atoms with Gasteiger partial charge in [0.25, 0.3) is 0 Å². The summed E-state index contributed by atoms with van der Waals surface area (Å²) < 4.78 is 0. The van der Waals surface area contributed by atoms with Gasteiger partial charge in [0, 0.05) is 24.5 Å². The number of fused-ring (bicyclic) bond motifs is 2. The first kappa shape index (κ1) is 11.9. The van der Waals surface area contributed by atoms with E-state index in [-0.39, 0.29) is 0 Å². The van der Waals surface area contributed by atoms with E-state index in [9.17, 15) is 0 Å². The van der Waals surface area contributed by atoms with Gasteiger partial charge in [-0.05, 0) is 50.9 Å². The third-order valence-corrected chi connectivity index (χ3v) is 4.81. The van der Waals surface area contributed by atoms with E-state index in [0.717, 1.165) is 23.1 Å². The molecule has 15 heavy (non-hydrogen) atoms. The fourth-order valence-corrected chi connectivity index (χ4v) is 4.03. The molecule has 3 atom stereocenters. The van der Waals surface area contributed by atoms with E-state index >= 15 is 0 Å². The van der Waals surface area contributed by atoms with Crippen molar-refractivity contribution >= 4 is 15.9 Å². The number of alkyl halides is 1. The molecule has 0 N–H and O–H groups in total. The molecule has 0 spiro atoms. The maximum Gasteiger partial charge on any atom is 0.0159 e.